The highest BCUT2D eigenvalue weighted by molar-refractivity contribution is 7.88. The van der Waals surface area contributed by atoms with Gasteiger partial charge in [-0.05, 0) is 43.9 Å². The first kappa shape index (κ1) is 17.4. The molecule has 2 atom stereocenters. The van der Waals surface area contributed by atoms with Crippen molar-refractivity contribution in [1.82, 2.24) is 14.6 Å². The maximum absolute atomic E-state index is 12.6. The van der Waals surface area contributed by atoms with Gasteiger partial charge in [0.1, 0.15) is 11.4 Å². The number of fused-ring (bicyclic) bond motifs is 3. The molecule has 2 aromatic rings. The molecule has 2 aliphatic heterocycles. The van der Waals surface area contributed by atoms with Crippen molar-refractivity contribution >= 4 is 26.8 Å². The molecule has 1 aromatic heterocycles. The highest BCUT2D eigenvalue weighted by Crippen LogP contribution is 2.37. The van der Waals surface area contributed by atoms with Gasteiger partial charge in [0.15, 0.2) is 0 Å². The summed E-state index contributed by atoms with van der Waals surface area (Å²) in [5, 5.41) is 4.02. The molecule has 2 aliphatic rings. The third kappa shape index (κ3) is 3.07. The van der Waals surface area contributed by atoms with Crippen molar-refractivity contribution in [2.45, 2.75) is 43.8 Å². The second-order valence-electron chi connectivity index (χ2n) is 7.26. The van der Waals surface area contributed by atoms with E-state index >= 15 is 0 Å². The number of aromatic nitrogens is 1. The minimum atomic E-state index is -3.19. The van der Waals surface area contributed by atoms with E-state index < -0.39 is 10.0 Å². The molecule has 4 rings (SSSR count). The summed E-state index contributed by atoms with van der Waals surface area (Å²) in [7, 11) is -1.58. The molecule has 7 nitrogen and oxygen atoms in total. The fraction of sp³-hybridized carbons (Fsp3) is 0.500. The number of carbonyl (C=O) groups excluding carboxylic acids is 1. The quantitative estimate of drug-likeness (QED) is 0.851. The number of rotatable bonds is 4. The second-order valence-corrected chi connectivity index (χ2v) is 9.14. The van der Waals surface area contributed by atoms with E-state index in [0.29, 0.717) is 18.5 Å². The standard InChI is InChI=1S/C18H23N3O4S/c1-25-15-6-3-11-7-17(20-16(11)10-15)18(22)19-12-8-13-4-5-14(9-12)21(13)26(2,23)24/h3,6-7,10,12-14,20H,4-5,8-9H2,1-2H3,(H,19,22). The molecule has 0 radical (unpaired) electrons. The molecule has 140 valence electrons. The number of nitrogens with one attached hydrogen (secondary N) is 2. The molecule has 2 bridgehead atoms. The third-order valence-electron chi connectivity index (χ3n) is 5.46. The maximum atomic E-state index is 12.6. The van der Waals surface area contributed by atoms with Gasteiger partial charge in [-0.15, -0.1) is 0 Å². The van der Waals surface area contributed by atoms with E-state index in [-0.39, 0.29) is 24.0 Å². The van der Waals surface area contributed by atoms with Crippen molar-refractivity contribution < 1.29 is 17.9 Å². The van der Waals surface area contributed by atoms with E-state index in [4.69, 9.17) is 4.74 Å². The third-order valence-corrected chi connectivity index (χ3v) is 6.82. The average molecular weight is 377 g/mol. The van der Waals surface area contributed by atoms with Crippen molar-refractivity contribution in [3.05, 3.63) is 30.0 Å². The minimum absolute atomic E-state index is 0.000949. The Morgan fingerprint density at radius 3 is 2.54 bits per heavy atom. The first-order chi connectivity index (χ1) is 12.3. The molecule has 2 saturated heterocycles. The minimum Gasteiger partial charge on any atom is -0.497 e. The lowest BCUT2D eigenvalue weighted by atomic mass is 9.99. The van der Waals surface area contributed by atoms with Crippen LogP contribution in [0.2, 0.25) is 0 Å². The summed E-state index contributed by atoms with van der Waals surface area (Å²) in [4.78, 5) is 15.8. The Morgan fingerprint density at radius 2 is 1.92 bits per heavy atom. The first-order valence-corrected chi connectivity index (χ1v) is 10.7. The van der Waals surface area contributed by atoms with E-state index in [1.165, 1.54) is 6.26 Å². The van der Waals surface area contributed by atoms with Gasteiger partial charge in [-0.3, -0.25) is 4.79 Å². The molecule has 0 saturated carbocycles. The van der Waals surface area contributed by atoms with Crippen LogP contribution in [0.1, 0.15) is 36.2 Å². The van der Waals surface area contributed by atoms with E-state index in [1.807, 2.05) is 24.3 Å². The Balaban J connectivity index is 1.48. The summed E-state index contributed by atoms with van der Waals surface area (Å²) < 4.78 is 30.8. The number of methoxy groups -OCH3 is 1. The van der Waals surface area contributed by atoms with Crippen molar-refractivity contribution in [1.29, 1.82) is 0 Å². The van der Waals surface area contributed by atoms with Crippen LogP contribution in [0.5, 0.6) is 5.75 Å². The van der Waals surface area contributed by atoms with Gasteiger partial charge in [-0.2, -0.15) is 4.31 Å². The Labute approximate surface area is 152 Å². The van der Waals surface area contributed by atoms with E-state index in [9.17, 15) is 13.2 Å². The van der Waals surface area contributed by atoms with Gasteiger partial charge in [0.05, 0.1) is 13.4 Å². The van der Waals surface area contributed by atoms with Crippen LogP contribution < -0.4 is 10.1 Å². The van der Waals surface area contributed by atoms with Gasteiger partial charge in [-0.25, -0.2) is 8.42 Å². The number of aromatic amines is 1. The number of piperidine rings is 1. The fourth-order valence-electron chi connectivity index (χ4n) is 4.41. The highest BCUT2D eigenvalue weighted by Gasteiger charge is 2.45. The molecular formula is C18H23N3O4S. The predicted molar refractivity (Wildman–Crippen MR) is 98.8 cm³/mol. The van der Waals surface area contributed by atoms with E-state index in [1.54, 1.807) is 11.4 Å². The Bertz CT molecular complexity index is 938. The summed E-state index contributed by atoms with van der Waals surface area (Å²) in [6.07, 6.45) is 4.36. The monoisotopic (exact) mass is 377 g/mol. The number of H-pyrrole nitrogens is 1. The van der Waals surface area contributed by atoms with E-state index in [0.717, 1.165) is 29.5 Å². The van der Waals surface area contributed by atoms with Gasteiger partial charge in [-0.1, -0.05) is 0 Å². The van der Waals surface area contributed by atoms with Gasteiger partial charge in [0.2, 0.25) is 10.0 Å². The van der Waals surface area contributed by atoms with Crippen molar-refractivity contribution in [2.75, 3.05) is 13.4 Å². The number of nitrogens with zero attached hydrogens (tertiary/aromatic N) is 1. The highest BCUT2D eigenvalue weighted by atomic mass is 32.2. The van der Waals surface area contributed by atoms with E-state index in [2.05, 4.69) is 10.3 Å². The summed E-state index contributed by atoms with van der Waals surface area (Å²) in [6, 6.07) is 7.45. The van der Waals surface area contributed by atoms with Crippen molar-refractivity contribution in [3.63, 3.8) is 0 Å². The second kappa shape index (κ2) is 6.28. The van der Waals surface area contributed by atoms with Crippen LogP contribution in [-0.4, -0.2) is 55.1 Å². The molecule has 3 heterocycles. The summed E-state index contributed by atoms with van der Waals surface area (Å²) >= 11 is 0. The lowest BCUT2D eigenvalue weighted by Crippen LogP contribution is -2.52. The number of hydrogen-bond donors (Lipinski definition) is 2. The molecule has 2 fully saturated rings. The maximum Gasteiger partial charge on any atom is 0.267 e. The molecule has 0 aliphatic carbocycles. The number of sulfonamides is 1. The largest absolute Gasteiger partial charge is 0.497 e. The fourth-order valence-corrected chi connectivity index (χ4v) is 5.88. The number of ether oxygens (including phenoxy) is 1. The summed E-state index contributed by atoms with van der Waals surface area (Å²) in [5.74, 6) is 0.577. The molecule has 2 unspecified atom stereocenters. The number of amides is 1. The zero-order chi connectivity index (χ0) is 18.5. The van der Waals surface area contributed by atoms with Crippen molar-refractivity contribution in [2.24, 2.45) is 0 Å². The smallest absolute Gasteiger partial charge is 0.267 e. The molecule has 0 spiro atoms. The van der Waals surface area contributed by atoms with Gasteiger partial charge < -0.3 is 15.0 Å². The number of carbonyl (C=O) groups is 1. The topological polar surface area (TPSA) is 91.5 Å². The molecule has 26 heavy (non-hydrogen) atoms. The Hall–Kier alpha value is -2.06. The summed E-state index contributed by atoms with van der Waals surface area (Å²) in [6.45, 7) is 0. The lowest BCUT2D eigenvalue weighted by molar-refractivity contribution is 0.0905. The van der Waals surface area contributed by atoms with Crippen LogP contribution in [-0.2, 0) is 10.0 Å². The average Bonchev–Trinajstić information content (AvgIpc) is 3.13. The van der Waals surface area contributed by atoms with Crippen molar-refractivity contribution in [3.8, 4) is 5.75 Å². The van der Waals surface area contributed by atoms with Gasteiger partial charge >= 0.3 is 0 Å². The molecular weight excluding hydrogens is 354 g/mol. The van der Waals surface area contributed by atoms with Crippen LogP contribution in [0.4, 0.5) is 0 Å². The zero-order valence-corrected chi connectivity index (χ0v) is 15.7. The van der Waals surface area contributed by atoms with Crippen LogP contribution in [0.15, 0.2) is 24.3 Å². The summed E-state index contributed by atoms with van der Waals surface area (Å²) in [5.41, 5.74) is 1.35. The van der Waals surface area contributed by atoms with Crippen LogP contribution in [0, 0.1) is 0 Å². The Kier molecular flexibility index (Phi) is 4.19. The first-order valence-electron chi connectivity index (χ1n) is 8.81. The SMILES string of the molecule is COc1ccc2cc(C(=O)NC3CC4CCC(C3)N4S(C)(=O)=O)[nH]c2c1. The van der Waals surface area contributed by atoms with Gasteiger partial charge in [0, 0.05) is 35.1 Å². The lowest BCUT2D eigenvalue weighted by Gasteiger charge is -2.37. The predicted octanol–water partition coefficient (Wildman–Crippen LogP) is 1.86. The van der Waals surface area contributed by atoms with Gasteiger partial charge in [0.25, 0.3) is 5.91 Å². The molecule has 8 heteroatoms. The van der Waals surface area contributed by atoms with Crippen LogP contribution >= 0.6 is 0 Å². The van der Waals surface area contributed by atoms with Crippen LogP contribution in [0.25, 0.3) is 10.9 Å². The normalized spacial score (nSPS) is 26.2. The molecule has 1 amide bonds. The van der Waals surface area contributed by atoms with Crippen LogP contribution in [0.3, 0.4) is 0 Å². The zero-order valence-electron chi connectivity index (χ0n) is 14.9. The molecule has 2 N–H and O–H groups in total. The number of benzene rings is 1. The molecule has 1 aromatic carbocycles. The number of hydrogen-bond acceptors (Lipinski definition) is 4. The Morgan fingerprint density at radius 1 is 1.23 bits per heavy atom.